The van der Waals surface area contributed by atoms with Gasteiger partial charge >= 0.3 is 5.97 Å². The highest BCUT2D eigenvalue weighted by atomic mass is 35.5. The van der Waals surface area contributed by atoms with Gasteiger partial charge in [0.05, 0.1) is 18.4 Å². The summed E-state index contributed by atoms with van der Waals surface area (Å²) in [4.78, 5) is 16.7. The summed E-state index contributed by atoms with van der Waals surface area (Å²) in [6.07, 6.45) is 3.80. The Morgan fingerprint density at radius 2 is 2.04 bits per heavy atom. The van der Waals surface area contributed by atoms with Crippen LogP contribution in [0.2, 0.25) is 5.02 Å². The topological polar surface area (TPSA) is 51.2 Å². The first kappa shape index (κ1) is 17.2. The highest BCUT2D eigenvalue weighted by Gasteiger charge is 2.27. The number of halogens is 1. The van der Waals surface area contributed by atoms with Gasteiger partial charge in [-0.25, -0.2) is 4.79 Å². The molecule has 1 aromatic heterocycles. The van der Waals surface area contributed by atoms with Crippen LogP contribution in [0.3, 0.4) is 0 Å². The molecule has 25 heavy (non-hydrogen) atoms. The number of hydrogen-bond acceptors (Lipinski definition) is 4. The summed E-state index contributed by atoms with van der Waals surface area (Å²) in [7, 11) is 1.37. The molecule has 1 aliphatic rings. The maximum Gasteiger partial charge on any atom is 0.340 e. The average Bonchev–Trinajstić information content (AvgIpc) is 2.60. The van der Waals surface area contributed by atoms with Gasteiger partial charge in [0.25, 0.3) is 0 Å². The molecule has 0 aliphatic carbocycles. The zero-order valence-electron chi connectivity index (χ0n) is 14.3. The third-order valence-electron chi connectivity index (χ3n) is 4.19. The van der Waals surface area contributed by atoms with Crippen LogP contribution < -0.4 is 5.32 Å². The predicted molar refractivity (Wildman–Crippen MR) is 99.3 cm³/mol. The number of hydrogen-bond donors (Lipinski definition) is 1. The van der Waals surface area contributed by atoms with E-state index in [1.807, 2.05) is 38.1 Å². The molecule has 0 spiro atoms. The Labute approximate surface area is 152 Å². The Balaban J connectivity index is 2.19. The number of benzene rings is 1. The predicted octanol–water partition coefficient (Wildman–Crippen LogP) is 4.54. The van der Waals surface area contributed by atoms with Crippen LogP contribution in [0.4, 0.5) is 0 Å². The van der Waals surface area contributed by atoms with E-state index < -0.39 is 5.97 Å². The number of allylic oxidation sites excluding steroid dienone is 4. The van der Waals surface area contributed by atoms with Crippen LogP contribution in [0.5, 0.6) is 0 Å². The van der Waals surface area contributed by atoms with Crippen molar-refractivity contribution in [2.45, 2.75) is 19.8 Å². The van der Waals surface area contributed by atoms with Crippen LogP contribution in [-0.4, -0.2) is 18.1 Å². The van der Waals surface area contributed by atoms with Gasteiger partial charge in [-0.15, -0.1) is 0 Å². The van der Waals surface area contributed by atoms with Crippen molar-refractivity contribution in [2.24, 2.45) is 0 Å². The number of rotatable bonds is 3. The Morgan fingerprint density at radius 1 is 1.24 bits per heavy atom. The molecule has 1 aromatic carbocycles. The van der Waals surface area contributed by atoms with E-state index in [-0.39, 0.29) is 5.92 Å². The molecule has 0 fully saturated rings. The number of pyridine rings is 1. The van der Waals surface area contributed by atoms with E-state index >= 15 is 0 Å². The largest absolute Gasteiger partial charge is 0.465 e. The van der Waals surface area contributed by atoms with Crippen LogP contribution in [-0.2, 0) is 4.74 Å². The molecule has 3 rings (SSSR count). The van der Waals surface area contributed by atoms with Crippen molar-refractivity contribution in [3.63, 3.8) is 0 Å². The van der Waals surface area contributed by atoms with Crippen molar-refractivity contribution in [1.82, 2.24) is 10.3 Å². The van der Waals surface area contributed by atoms with Crippen molar-refractivity contribution in [1.29, 1.82) is 0 Å². The first-order valence-corrected chi connectivity index (χ1v) is 8.34. The number of carbonyl (C=O) groups is 1. The van der Waals surface area contributed by atoms with Crippen LogP contribution in [0, 0.1) is 0 Å². The first-order chi connectivity index (χ1) is 12.0. The van der Waals surface area contributed by atoms with E-state index in [0.717, 1.165) is 22.5 Å². The van der Waals surface area contributed by atoms with E-state index in [1.165, 1.54) is 7.11 Å². The lowest BCUT2D eigenvalue weighted by atomic mass is 9.83. The number of nitrogens with zero attached hydrogens (tertiary/aromatic N) is 1. The van der Waals surface area contributed by atoms with Crippen LogP contribution >= 0.6 is 11.6 Å². The van der Waals surface area contributed by atoms with Gasteiger partial charge in [-0.05, 0) is 43.7 Å². The van der Waals surface area contributed by atoms with Gasteiger partial charge in [0.2, 0.25) is 0 Å². The SMILES string of the molecule is COC(=O)c1cccnc1C1=C(C)NC(C)=CC1c1cccc(Cl)c1. The first-order valence-electron chi connectivity index (χ1n) is 7.96. The Bertz CT molecular complexity index is 887. The van der Waals surface area contributed by atoms with Gasteiger partial charge in [-0.3, -0.25) is 4.98 Å². The molecule has 1 atom stereocenters. The quantitative estimate of drug-likeness (QED) is 0.822. The molecule has 1 N–H and O–H groups in total. The molecule has 0 saturated heterocycles. The minimum atomic E-state index is -0.403. The third kappa shape index (κ3) is 3.44. The molecular formula is C20H19ClN2O2. The lowest BCUT2D eigenvalue weighted by Gasteiger charge is -2.27. The van der Waals surface area contributed by atoms with Crippen LogP contribution in [0.25, 0.3) is 5.57 Å². The third-order valence-corrected chi connectivity index (χ3v) is 4.43. The van der Waals surface area contributed by atoms with E-state index in [2.05, 4.69) is 16.4 Å². The minimum Gasteiger partial charge on any atom is -0.465 e. The van der Waals surface area contributed by atoms with Crippen molar-refractivity contribution in [3.05, 3.63) is 81.9 Å². The molecular weight excluding hydrogens is 336 g/mol. The second-order valence-corrected chi connectivity index (χ2v) is 6.37. The molecule has 5 heteroatoms. The zero-order valence-corrected chi connectivity index (χ0v) is 15.1. The number of carbonyl (C=O) groups excluding carboxylic acids is 1. The fraction of sp³-hybridized carbons (Fsp3) is 0.200. The molecule has 2 heterocycles. The van der Waals surface area contributed by atoms with E-state index in [1.54, 1.807) is 18.3 Å². The second kappa shape index (κ2) is 7.11. The Morgan fingerprint density at radius 3 is 2.76 bits per heavy atom. The second-order valence-electron chi connectivity index (χ2n) is 5.94. The minimum absolute atomic E-state index is 0.0572. The van der Waals surface area contributed by atoms with Gasteiger partial charge in [0.15, 0.2) is 0 Å². The monoisotopic (exact) mass is 354 g/mol. The normalized spacial score (nSPS) is 17.0. The summed E-state index contributed by atoms with van der Waals surface area (Å²) in [5, 5.41) is 4.02. The molecule has 4 nitrogen and oxygen atoms in total. The van der Waals surface area contributed by atoms with Gasteiger partial charge in [-0.2, -0.15) is 0 Å². The fourth-order valence-corrected chi connectivity index (χ4v) is 3.35. The van der Waals surface area contributed by atoms with Crippen molar-refractivity contribution in [2.75, 3.05) is 7.11 Å². The summed E-state index contributed by atoms with van der Waals surface area (Å²) >= 11 is 6.19. The lowest BCUT2D eigenvalue weighted by molar-refractivity contribution is 0.0600. The molecule has 0 bridgehead atoms. The van der Waals surface area contributed by atoms with Gasteiger partial charge < -0.3 is 10.1 Å². The standard InChI is InChI=1S/C20H19ClN2O2/c1-12-10-17(14-6-4-7-15(21)11-14)18(13(2)23-12)19-16(20(24)25-3)8-5-9-22-19/h4-11,17,23H,1-3H3. The average molecular weight is 355 g/mol. The zero-order chi connectivity index (χ0) is 18.0. The summed E-state index contributed by atoms with van der Waals surface area (Å²) in [6, 6.07) is 11.2. The molecule has 0 saturated carbocycles. The Kier molecular flexibility index (Phi) is 4.91. The molecule has 1 aliphatic heterocycles. The molecule has 1 unspecified atom stereocenters. The van der Waals surface area contributed by atoms with Gasteiger partial charge in [0, 0.05) is 34.1 Å². The highest BCUT2D eigenvalue weighted by Crippen LogP contribution is 2.39. The van der Waals surface area contributed by atoms with Crippen molar-refractivity contribution in [3.8, 4) is 0 Å². The van der Waals surface area contributed by atoms with Crippen LogP contribution in [0.15, 0.2) is 60.1 Å². The summed E-state index contributed by atoms with van der Waals surface area (Å²) in [5.74, 6) is -0.460. The van der Waals surface area contributed by atoms with Crippen LogP contribution in [0.1, 0.15) is 41.4 Å². The number of ether oxygens (including phenoxy) is 1. The molecule has 0 amide bonds. The number of dihydropyridines is 1. The van der Waals surface area contributed by atoms with Crippen molar-refractivity contribution < 1.29 is 9.53 Å². The number of methoxy groups -OCH3 is 1. The molecule has 0 radical (unpaired) electrons. The number of esters is 1. The van der Waals surface area contributed by atoms with Gasteiger partial charge in [0.1, 0.15) is 0 Å². The lowest BCUT2D eigenvalue weighted by Crippen LogP contribution is -2.21. The molecule has 128 valence electrons. The maximum absolute atomic E-state index is 12.2. The molecule has 2 aromatic rings. The fourth-order valence-electron chi connectivity index (χ4n) is 3.15. The maximum atomic E-state index is 12.2. The smallest absolute Gasteiger partial charge is 0.340 e. The highest BCUT2D eigenvalue weighted by molar-refractivity contribution is 6.30. The summed E-state index contributed by atoms with van der Waals surface area (Å²) in [5.41, 5.74) is 5.04. The summed E-state index contributed by atoms with van der Waals surface area (Å²) < 4.78 is 4.93. The van der Waals surface area contributed by atoms with Crippen molar-refractivity contribution >= 4 is 23.1 Å². The van der Waals surface area contributed by atoms with Gasteiger partial charge in [-0.1, -0.05) is 29.8 Å². The Hall–Kier alpha value is -2.59. The van der Waals surface area contributed by atoms with E-state index in [4.69, 9.17) is 16.3 Å². The summed E-state index contributed by atoms with van der Waals surface area (Å²) in [6.45, 7) is 4.00. The van der Waals surface area contributed by atoms with E-state index in [0.29, 0.717) is 16.3 Å². The number of nitrogens with one attached hydrogen (secondary N) is 1. The number of aromatic nitrogens is 1. The van der Waals surface area contributed by atoms with E-state index in [9.17, 15) is 4.79 Å².